The predicted octanol–water partition coefficient (Wildman–Crippen LogP) is 1.73. The summed E-state index contributed by atoms with van der Waals surface area (Å²) in [5.74, 6) is 0.866. The summed E-state index contributed by atoms with van der Waals surface area (Å²) in [6.07, 6.45) is 3.09. The average molecular weight is 303 g/mol. The van der Waals surface area contributed by atoms with E-state index in [-0.39, 0.29) is 17.9 Å². The molecule has 0 aromatic rings. The Labute approximate surface area is 119 Å². The number of ether oxygens (including phenoxy) is 1. The Kier molecular flexibility index (Phi) is 3.75. The SMILES string of the molecule is CC(C)(C)OC(=O)N1C[C@@H]2CC(OS(C)(=O)=O)=C[C@@H]2C1. The maximum atomic E-state index is 12.0. The molecule has 2 atom stereocenters. The van der Waals surface area contributed by atoms with Crippen molar-refractivity contribution in [1.82, 2.24) is 4.90 Å². The van der Waals surface area contributed by atoms with E-state index in [2.05, 4.69) is 0 Å². The highest BCUT2D eigenvalue weighted by molar-refractivity contribution is 7.86. The third kappa shape index (κ3) is 3.88. The van der Waals surface area contributed by atoms with Crippen LogP contribution in [0.2, 0.25) is 0 Å². The van der Waals surface area contributed by atoms with Gasteiger partial charge in [0.05, 0.1) is 6.26 Å². The highest BCUT2D eigenvalue weighted by atomic mass is 32.2. The van der Waals surface area contributed by atoms with Gasteiger partial charge in [-0.2, -0.15) is 8.42 Å². The highest BCUT2D eigenvalue weighted by Gasteiger charge is 2.40. The summed E-state index contributed by atoms with van der Waals surface area (Å²) < 4.78 is 32.4. The molecule has 0 aromatic heterocycles. The number of carbonyl (C=O) groups is 1. The van der Waals surface area contributed by atoms with Gasteiger partial charge < -0.3 is 13.8 Å². The zero-order valence-electron chi connectivity index (χ0n) is 12.3. The van der Waals surface area contributed by atoms with Crippen LogP contribution in [0.5, 0.6) is 0 Å². The molecule has 1 fully saturated rings. The van der Waals surface area contributed by atoms with Crippen molar-refractivity contribution in [2.45, 2.75) is 32.8 Å². The number of rotatable bonds is 2. The standard InChI is InChI=1S/C13H21NO5S/c1-13(2,3)18-12(15)14-7-9-5-11(6-10(9)8-14)19-20(4,16)17/h5,9-10H,6-8H2,1-4H3/t9-,10+/m1/s1. The molecular weight excluding hydrogens is 282 g/mol. The molecule has 1 saturated heterocycles. The normalized spacial score (nSPS) is 26.2. The average Bonchev–Trinajstić information content (AvgIpc) is 2.68. The maximum absolute atomic E-state index is 12.0. The van der Waals surface area contributed by atoms with Gasteiger partial charge in [-0.3, -0.25) is 0 Å². The molecule has 1 aliphatic carbocycles. The number of fused-ring (bicyclic) bond motifs is 1. The molecule has 0 radical (unpaired) electrons. The first-order valence-corrected chi connectivity index (χ1v) is 8.43. The molecule has 6 nitrogen and oxygen atoms in total. The molecule has 1 amide bonds. The van der Waals surface area contributed by atoms with Gasteiger partial charge in [0, 0.05) is 25.4 Å². The minimum Gasteiger partial charge on any atom is -0.444 e. The molecule has 0 bridgehead atoms. The van der Waals surface area contributed by atoms with Crippen LogP contribution in [-0.4, -0.2) is 44.4 Å². The van der Waals surface area contributed by atoms with E-state index in [4.69, 9.17) is 8.92 Å². The lowest BCUT2D eigenvalue weighted by molar-refractivity contribution is 0.0284. The molecule has 0 N–H and O–H groups in total. The van der Waals surface area contributed by atoms with Crippen molar-refractivity contribution < 1.29 is 22.1 Å². The Balaban J connectivity index is 1.94. The molecule has 7 heteroatoms. The summed E-state index contributed by atoms with van der Waals surface area (Å²) in [4.78, 5) is 13.6. The van der Waals surface area contributed by atoms with E-state index < -0.39 is 15.7 Å². The molecule has 114 valence electrons. The van der Waals surface area contributed by atoms with E-state index >= 15 is 0 Å². The fraction of sp³-hybridized carbons (Fsp3) is 0.769. The fourth-order valence-electron chi connectivity index (χ4n) is 2.60. The van der Waals surface area contributed by atoms with Crippen LogP contribution in [0, 0.1) is 11.8 Å². The fourth-order valence-corrected chi connectivity index (χ4v) is 3.11. The first-order chi connectivity index (χ1) is 9.03. The molecule has 2 rings (SSSR count). The molecular formula is C13H21NO5S. The number of allylic oxidation sites excluding steroid dienone is 1. The van der Waals surface area contributed by atoms with Crippen LogP contribution in [0.15, 0.2) is 11.8 Å². The Morgan fingerprint density at radius 2 is 2.00 bits per heavy atom. The van der Waals surface area contributed by atoms with Gasteiger partial charge in [0.1, 0.15) is 11.4 Å². The van der Waals surface area contributed by atoms with Crippen LogP contribution in [0.4, 0.5) is 4.79 Å². The van der Waals surface area contributed by atoms with Crippen LogP contribution < -0.4 is 0 Å². The minimum atomic E-state index is -3.47. The first-order valence-electron chi connectivity index (χ1n) is 6.61. The monoisotopic (exact) mass is 303 g/mol. The summed E-state index contributed by atoms with van der Waals surface area (Å²) in [5.41, 5.74) is -0.505. The number of nitrogens with zero attached hydrogens (tertiary/aromatic N) is 1. The number of carbonyl (C=O) groups excluding carboxylic acids is 1. The molecule has 1 aliphatic heterocycles. The lowest BCUT2D eigenvalue weighted by Crippen LogP contribution is -2.35. The van der Waals surface area contributed by atoms with Gasteiger partial charge >= 0.3 is 16.2 Å². The Bertz CT molecular complexity index is 531. The van der Waals surface area contributed by atoms with E-state index in [9.17, 15) is 13.2 Å². The van der Waals surface area contributed by atoms with E-state index in [1.807, 2.05) is 26.8 Å². The highest BCUT2D eigenvalue weighted by Crippen LogP contribution is 2.38. The number of likely N-dealkylation sites (tertiary alicyclic amines) is 1. The topological polar surface area (TPSA) is 72.9 Å². The van der Waals surface area contributed by atoms with Crippen molar-refractivity contribution in [3.8, 4) is 0 Å². The van der Waals surface area contributed by atoms with E-state index in [0.29, 0.717) is 25.3 Å². The largest absolute Gasteiger partial charge is 0.444 e. The molecule has 0 unspecified atom stereocenters. The molecule has 20 heavy (non-hydrogen) atoms. The van der Waals surface area contributed by atoms with Crippen LogP contribution in [-0.2, 0) is 19.0 Å². The van der Waals surface area contributed by atoms with Crippen LogP contribution in [0.1, 0.15) is 27.2 Å². The van der Waals surface area contributed by atoms with Gasteiger partial charge in [-0.1, -0.05) is 0 Å². The van der Waals surface area contributed by atoms with Gasteiger partial charge in [-0.25, -0.2) is 4.79 Å². The Hall–Kier alpha value is -1.24. The quantitative estimate of drug-likeness (QED) is 0.726. The number of hydrogen-bond acceptors (Lipinski definition) is 5. The maximum Gasteiger partial charge on any atom is 0.410 e. The van der Waals surface area contributed by atoms with Crippen LogP contribution >= 0.6 is 0 Å². The van der Waals surface area contributed by atoms with E-state index in [1.54, 1.807) is 4.90 Å². The van der Waals surface area contributed by atoms with Crippen LogP contribution in [0.25, 0.3) is 0 Å². The van der Waals surface area contributed by atoms with Gasteiger partial charge in [-0.15, -0.1) is 0 Å². The minimum absolute atomic E-state index is 0.152. The van der Waals surface area contributed by atoms with E-state index in [1.165, 1.54) is 0 Å². The second-order valence-electron chi connectivity index (χ2n) is 6.43. The third-order valence-corrected chi connectivity index (χ3v) is 3.78. The summed E-state index contributed by atoms with van der Waals surface area (Å²) in [7, 11) is -3.47. The van der Waals surface area contributed by atoms with Crippen molar-refractivity contribution in [2.75, 3.05) is 19.3 Å². The Morgan fingerprint density at radius 3 is 2.50 bits per heavy atom. The second kappa shape index (κ2) is 4.95. The van der Waals surface area contributed by atoms with Gasteiger partial charge in [0.15, 0.2) is 0 Å². The summed E-state index contributed by atoms with van der Waals surface area (Å²) in [6.45, 7) is 6.63. The predicted molar refractivity (Wildman–Crippen MR) is 73.4 cm³/mol. The number of hydrogen-bond donors (Lipinski definition) is 0. The van der Waals surface area contributed by atoms with Crippen LogP contribution in [0.3, 0.4) is 0 Å². The van der Waals surface area contributed by atoms with Crippen molar-refractivity contribution >= 4 is 16.2 Å². The third-order valence-electron chi connectivity index (χ3n) is 3.27. The van der Waals surface area contributed by atoms with Crippen molar-refractivity contribution in [2.24, 2.45) is 11.8 Å². The smallest absolute Gasteiger partial charge is 0.410 e. The zero-order chi connectivity index (χ0) is 15.1. The van der Waals surface area contributed by atoms with Gasteiger partial charge in [-0.05, 0) is 32.8 Å². The Morgan fingerprint density at radius 1 is 1.35 bits per heavy atom. The number of amides is 1. The molecule has 0 spiro atoms. The van der Waals surface area contributed by atoms with Gasteiger partial charge in [0.2, 0.25) is 0 Å². The summed E-state index contributed by atoms with van der Waals surface area (Å²) in [6, 6.07) is 0. The van der Waals surface area contributed by atoms with Gasteiger partial charge in [0.25, 0.3) is 0 Å². The summed E-state index contributed by atoms with van der Waals surface area (Å²) >= 11 is 0. The molecule has 0 saturated carbocycles. The zero-order valence-corrected chi connectivity index (χ0v) is 13.1. The van der Waals surface area contributed by atoms with Crippen molar-refractivity contribution in [1.29, 1.82) is 0 Å². The lowest BCUT2D eigenvalue weighted by Gasteiger charge is -2.24. The van der Waals surface area contributed by atoms with Crippen molar-refractivity contribution in [3.05, 3.63) is 11.8 Å². The summed E-state index contributed by atoms with van der Waals surface area (Å²) in [5, 5.41) is 0. The lowest BCUT2D eigenvalue weighted by atomic mass is 10.0. The van der Waals surface area contributed by atoms with Crippen molar-refractivity contribution in [3.63, 3.8) is 0 Å². The molecule has 2 aliphatic rings. The first kappa shape index (κ1) is 15.2. The molecule has 1 heterocycles. The molecule has 0 aromatic carbocycles. The second-order valence-corrected chi connectivity index (χ2v) is 8.01. The van der Waals surface area contributed by atoms with E-state index in [0.717, 1.165) is 6.26 Å².